The van der Waals surface area contributed by atoms with Gasteiger partial charge in [-0.1, -0.05) is 19.3 Å². The summed E-state index contributed by atoms with van der Waals surface area (Å²) in [5.41, 5.74) is 1.43. The van der Waals surface area contributed by atoms with Crippen LogP contribution in [-0.2, 0) is 4.79 Å². The third kappa shape index (κ3) is 3.86. The topological polar surface area (TPSA) is 53.5 Å². The second-order valence-corrected chi connectivity index (χ2v) is 7.41. The van der Waals surface area contributed by atoms with Crippen molar-refractivity contribution in [2.45, 2.75) is 57.9 Å². The predicted molar refractivity (Wildman–Crippen MR) is 97.2 cm³/mol. The largest absolute Gasteiger partial charge is 0.345 e. The molecule has 1 aliphatic carbocycles. The number of rotatable bonds is 1. The van der Waals surface area contributed by atoms with Gasteiger partial charge in [0.05, 0.1) is 11.5 Å². The average molecular weight is 343 g/mol. The van der Waals surface area contributed by atoms with Crippen molar-refractivity contribution in [2.75, 3.05) is 20.1 Å². The van der Waals surface area contributed by atoms with Crippen LogP contribution in [0.15, 0.2) is 18.3 Å². The Morgan fingerprint density at radius 3 is 2.64 bits per heavy atom. The molecule has 2 fully saturated rings. The van der Waals surface area contributed by atoms with Crippen molar-refractivity contribution < 1.29 is 9.59 Å². The molecule has 0 aromatic carbocycles. The molecule has 1 saturated heterocycles. The van der Waals surface area contributed by atoms with Gasteiger partial charge in [0, 0.05) is 38.1 Å². The Morgan fingerprint density at radius 2 is 1.88 bits per heavy atom. The summed E-state index contributed by atoms with van der Waals surface area (Å²) in [5.74, 6) is 0.200. The smallest absolute Gasteiger partial charge is 0.255 e. The second kappa shape index (κ2) is 7.98. The maximum absolute atomic E-state index is 13.3. The summed E-state index contributed by atoms with van der Waals surface area (Å²) in [6.45, 7) is 3.45. The molecule has 0 radical (unpaired) electrons. The van der Waals surface area contributed by atoms with Crippen LogP contribution in [0.25, 0.3) is 0 Å². The number of amides is 2. The fourth-order valence-electron chi connectivity index (χ4n) is 4.26. The highest BCUT2D eigenvalue weighted by atomic mass is 16.2. The van der Waals surface area contributed by atoms with Gasteiger partial charge < -0.3 is 9.80 Å². The summed E-state index contributed by atoms with van der Waals surface area (Å²) in [6.07, 6.45) is 8.83. The van der Waals surface area contributed by atoms with Gasteiger partial charge in [0.25, 0.3) is 5.91 Å². The molecule has 0 N–H and O–H groups in total. The Labute approximate surface area is 150 Å². The van der Waals surface area contributed by atoms with Gasteiger partial charge in [0.2, 0.25) is 5.91 Å². The van der Waals surface area contributed by atoms with E-state index in [0.29, 0.717) is 5.56 Å². The summed E-state index contributed by atoms with van der Waals surface area (Å²) in [6, 6.07) is 3.70. The Bertz CT molecular complexity index is 631. The van der Waals surface area contributed by atoms with Crippen LogP contribution >= 0.6 is 0 Å². The molecule has 0 spiro atoms. The molecule has 136 valence electrons. The molecule has 2 aliphatic rings. The van der Waals surface area contributed by atoms with Crippen LogP contribution < -0.4 is 0 Å². The number of aryl methyl sites for hydroxylation is 1. The third-order valence-electron chi connectivity index (χ3n) is 5.71. The SMILES string of the molecule is Cc1ncccc1C(=O)N1CCCCCCN(C)C(=O)C2CCCC21. The van der Waals surface area contributed by atoms with Crippen molar-refractivity contribution in [1.82, 2.24) is 14.8 Å². The first-order valence-corrected chi connectivity index (χ1v) is 9.57. The lowest BCUT2D eigenvalue weighted by Crippen LogP contribution is -2.47. The molecule has 2 amide bonds. The van der Waals surface area contributed by atoms with E-state index >= 15 is 0 Å². The van der Waals surface area contributed by atoms with Crippen LogP contribution in [-0.4, -0.2) is 52.8 Å². The monoisotopic (exact) mass is 343 g/mol. The standard InChI is InChI=1S/C20H29N3O2/c1-15-16(10-8-12-21-15)20(25)23-14-6-4-3-5-13-22(2)19(24)17-9-7-11-18(17)23/h8,10,12,17-18H,3-7,9,11,13-14H2,1-2H3. The Morgan fingerprint density at radius 1 is 1.12 bits per heavy atom. The highest BCUT2D eigenvalue weighted by molar-refractivity contribution is 5.96. The lowest BCUT2D eigenvalue weighted by molar-refractivity contribution is -0.135. The van der Waals surface area contributed by atoms with Crippen LogP contribution in [0, 0.1) is 12.8 Å². The van der Waals surface area contributed by atoms with Crippen molar-refractivity contribution in [3.8, 4) is 0 Å². The van der Waals surface area contributed by atoms with Crippen LogP contribution in [0.3, 0.4) is 0 Å². The first kappa shape index (κ1) is 17.9. The van der Waals surface area contributed by atoms with Crippen LogP contribution in [0.4, 0.5) is 0 Å². The molecule has 1 aromatic rings. The molecule has 2 unspecified atom stereocenters. The molecular formula is C20H29N3O2. The van der Waals surface area contributed by atoms with Gasteiger partial charge in [-0.25, -0.2) is 0 Å². The van der Waals surface area contributed by atoms with Crippen LogP contribution in [0.5, 0.6) is 0 Å². The number of nitrogens with zero attached hydrogens (tertiary/aromatic N) is 3. The minimum Gasteiger partial charge on any atom is -0.345 e. The Hall–Kier alpha value is -1.91. The first-order chi connectivity index (χ1) is 12.1. The summed E-state index contributed by atoms with van der Waals surface area (Å²) >= 11 is 0. The molecule has 1 saturated carbocycles. The molecule has 0 bridgehead atoms. The van der Waals surface area contributed by atoms with Crippen LogP contribution in [0.2, 0.25) is 0 Å². The second-order valence-electron chi connectivity index (χ2n) is 7.41. The van der Waals surface area contributed by atoms with Crippen molar-refractivity contribution >= 4 is 11.8 Å². The summed E-state index contributed by atoms with van der Waals surface area (Å²) < 4.78 is 0. The molecule has 5 nitrogen and oxygen atoms in total. The lowest BCUT2D eigenvalue weighted by atomic mass is 9.98. The number of carbonyl (C=O) groups excluding carboxylic acids is 2. The zero-order valence-corrected chi connectivity index (χ0v) is 15.4. The number of fused-ring (bicyclic) bond motifs is 1. The quantitative estimate of drug-likeness (QED) is 0.787. The van der Waals surface area contributed by atoms with Gasteiger partial charge in [-0.05, 0) is 44.7 Å². The minimum atomic E-state index is -0.0518. The molecule has 2 heterocycles. The maximum Gasteiger partial charge on any atom is 0.255 e. The van der Waals surface area contributed by atoms with Gasteiger partial charge in [-0.2, -0.15) is 0 Å². The predicted octanol–water partition coefficient (Wildman–Crippen LogP) is 3.03. The number of pyridine rings is 1. The van der Waals surface area contributed by atoms with E-state index in [4.69, 9.17) is 0 Å². The van der Waals surface area contributed by atoms with E-state index in [1.807, 2.05) is 35.9 Å². The maximum atomic E-state index is 13.3. The van der Waals surface area contributed by atoms with Gasteiger partial charge >= 0.3 is 0 Å². The molecule has 5 heteroatoms. The third-order valence-corrected chi connectivity index (χ3v) is 5.71. The Kier molecular flexibility index (Phi) is 5.71. The van der Waals surface area contributed by atoms with E-state index in [1.165, 1.54) is 0 Å². The first-order valence-electron chi connectivity index (χ1n) is 9.57. The highest BCUT2D eigenvalue weighted by Gasteiger charge is 2.40. The van der Waals surface area contributed by atoms with Crippen molar-refractivity contribution in [3.05, 3.63) is 29.6 Å². The van der Waals surface area contributed by atoms with Gasteiger partial charge in [-0.15, -0.1) is 0 Å². The Balaban J connectivity index is 1.90. The van der Waals surface area contributed by atoms with Crippen molar-refractivity contribution in [2.24, 2.45) is 5.92 Å². The van der Waals surface area contributed by atoms with E-state index in [0.717, 1.165) is 63.7 Å². The normalized spacial score (nSPS) is 25.4. The molecule has 2 atom stereocenters. The summed E-state index contributed by atoms with van der Waals surface area (Å²) in [5, 5.41) is 0. The van der Waals surface area contributed by atoms with E-state index in [-0.39, 0.29) is 23.8 Å². The fourth-order valence-corrected chi connectivity index (χ4v) is 4.26. The van der Waals surface area contributed by atoms with E-state index < -0.39 is 0 Å². The van der Waals surface area contributed by atoms with E-state index in [1.54, 1.807) is 6.20 Å². The number of hydrogen-bond donors (Lipinski definition) is 0. The minimum absolute atomic E-state index is 0.0279. The van der Waals surface area contributed by atoms with Gasteiger partial charge in [0.15, 0.2) is 0 Å². The van der Waals surface area contributed by atoms with Gasteiger partial charge in [-0.3, -0.25) is 14.6 Å². The van der Waals surface area contributed by atoms with E-state index in [2.05, 4.69) is 4.98 Å². The highest BCUT2D eigenvalue weighted by Crippen LogP contribution is 2.33. The van der Waals surface area contributed by atoms with Crippen molar-refractivity contribution in [1.29, 1.82) is 0 Å². The van der Waals surface area contributed by atoms with Gasteiger partial charge in [0.1, 0.15) is 0 Å². The zero-order chi connectivity index (χ0) is 17.8. The molecule has 1 aliphatic heterocycles. The lowest BCUT2D eigenvalue weighted by Gasteiger charge is -2.34. The average Bonchev–Trinajstić information content (AvgIpc) is 3.08. The number of carbonyl (C=O) groups is 2. The van der Waals surface area contributed by atoms with Crippen LogP contribution in [0.1, 0.15) is 61.0 Å². The number of hydrogen-bond acceptors (Lipinski definition) is 3. The molecule has 3 rings (SSSR count). The zero-order valence-electron chi connectivity index (χ0n) is 15.4. The molecular weight excluding hydrogens is 314 g/mol. The molecule has 1 aromatic heterocycles. The fraction of sp³-hybridized carbons (Fsp3) is 0.650. The van der Waals surface area contributed by atoms with E-state index in [9.17, 15) is 9.59 Å². The summed E-state index contributed by atoms with van der Waals surface area (Å²) in [7, 11) is 1.91. The summed E-state index contributed by atoms with van der Waals surface area (Å²) in [4.78, 5) is 34.3. The molecule has 25 heavy (non-hydrogen) atoms. The number of aromatic nitrogens is 1. The van der Waals surface area contributed by atoms with Crippen molar-refractivity contribution in [3.63, 3.8) is 0 Å².